The number of nitrogens with one attached hydrogen (secondary N) is 2. The molecule has 164 valence electrons. The Morgan fingerprint density at radius 2 is 1.75 bits per heavy atom. The van der Waals surface area contributed by atoms with Crippen molar-refractivity contribution >= 4 is 44.5 Å². The van der Waals surface area contributed by atoms with Crippen molar-refractivity contribution in [2.24, 2.45) is 0 Å². The Morgan fingerprint density at radius 3 is 2.41 bits per heavy atom. The van der Waals surface area contributed by atoms with Crippen molar-refractivity contribution in [3.8, 4) is 0 Å². The molecule has 12 heteroatoms. The Labute approximate surface area is 184 Å². The van der Waals surface area contributed by atoms with Crippen LogP contribution in [0.2, 0.25) is 0 Å². The number of fused-ring (bicyclic) bond motifs is 1. The second-order valence-electron chi connectivity index (χ2n) is 6.99. The molecule has 1 aromatic carbocycles. The average Bonchev–Trinajstić information content (AvgIpc) is 3.19. The molecular formula is C20H20N8O3S. The maximum Gasteiger partial charge on any atom is 0.276 e. The van der Waals surface area contributed by atoms with Crippen molar-refractivity contribution in [2.45, 2.75) is 4.90 Å². The van der Waals surface area contributed by atoms with Crippen LogP contribution < -0.4 is 16.4 Å². The summed E-state index contributed by atoms with van der Waals surface area (Å²) in [5, 5.41) is 10.1. The van der Waals surface area contributed by atoms with E-state index in [0.29, 0.717) is 22.7 Å². The largest absolute Gasteiger partial charge is 0.382 e. The standard InChI is InChI=1S/C20H20N8O3S/c1-27(2)32(30,31)15-5-3-13(4-6-15)24-16-11-18(21)26-28-17(12-23-19(16)28)20(29)25-14-7-9-22-10-8-14/h3-12,24H,1-2H3,(H2,21,26)(H,22,25,29). The number of carbonyl (C=O) groups excluding carboxylic acids is 1. The maximum atomic E-state index is 12.7. The Bertz CT molecular complexity index is 1380. The summed E-state index contributed by atoms with van der Waals surface area (Å²) in [4.78, 5) is 21.1. The molecule has 3 heterocycles. The number of imidazole rings is 1. The number of amides is 1. The molecule has 0 aliphatic heterocycles. The zero-order chi connectivity index (χ0) is 22.9. The molecule has 32 heavy (non-hydrogen) atoms. The van der Waals surface area contributed by atoms with E-state index >= 15 is 0 Å². The molecule has 0 aliphatic rings. The first kappa shape index (κ1) is 21.2. The number of rotatable bonds is 6. The Balaban J connectivity index is 1.64. The van der Waals surface area contributed by atoms with Gasteiger partial charge in [-0.05, 0) is 36.4 Å². The fourth-order valence-corrected chi connectivity index (χ4v) is 3.84. The maximum absolute atomic E-state index is 12.7. The smallest absolute Gasteiger partial charge is 0.276 e. The van der Waals surface area contributed by atoms with E-state index < -0.39 is 15.9 Å². The van der Waals surface area contributed by atoms with Crippen molar-refractivity contribution in [1.29, 1.82) is 0 Å². The highest BCUT2D eigenvalue weighted by Crippen LogP contribution is 2.25. The summed E-state index contributed by atoms with van der Waals surface area (Å²) in [6, 6.07) is 11.2. The Kier molecular flexibility index (Phi) is 5.47. The van der Waals surface area contributed by atoms with E-state index in [-0.39, 0.29) is 16.4 Å². The van der Waals surface area contributed by atoms with E-state index in [1.54, 1.807) is 42.7 Å². The molecule has 0 spiro atoms. The molecule has 0 unspecified atom stereocenters. The quantitative estimate of drug-likeness (QED) is 0.402. The van der Waals surface area contributed by atoms with Gasteiger partial charge in [-0.2, -0.15) is 0 Å². The molecule has 3 aromatic heterocycles. The first-order valence-corrected chi connectivity index (χ1v) is 10.8. The predicted molar refractivity (Wildman–Crippen MR) is 120 cm³/mol. The van der Waals surface area contributed by atoms with Crippen LogP contribution >= 0.6 is 0 Å². The number of benzene rings is 1. The van der Waals surface area contributed by atoms with E-state index in [2.05, 4.69) is 25.7 Å². The number of nitrogens with zero attached hydrogens (tertiary/aromatic N) is 5. The van der Waals surface area contributed by atoms with Crippen LogP contribution in [-0.2, 0) is 10.0 Å². The fraction of sp³-hybridized carbons (Fsp3) is 0.100. The van der Waals surface area contributed by atoms with Gasteiger partial charge in [-0.25, -0.2) is 22.2 Å². The monoisotopic (exact) mass is 452 g/mol. The van der Waals surface area contributed by atoms with Gasteiger partial charge in [0.2, 0.25) is 10.0 Å². The summed E-state index contributed by atoms with van der Waals surface area (Å²) >= 11 is 0. The molecule has 1 amide bonds. The minimum Gasteiger partial charge on any atom is -0.382 e. The van der Waals surface area contributed by atoms with Gasteiger partial charge in [-0.15, -0.1) is 5.10 Å². The fourth-order valence-electron chi connectivity index (χ4n) is 2.94. The minimum atomic E-state index is -3.53. The van der Waals surface area contributed by atoms with Crippen molar-refractivity contribution < 1.29 is 13.2 Å². The van der Waals surface area contributed by atoms with Gasteiger partial charge >= 0.3 is 0 Å². The zero-order valence-electron chi connectivity index (χ0n) is 17.2. The van der Waals surface area contributed by atoms with E-state index in [4.69, 9.17) is 5.73 Å². The lowest BCUT2D eigenvalue weighted by molar-refractivity contribution is 0.102. The van der Waals surface area contributed by atoms with E-state index in [1.807, 2.05) is 0 Å². The molecule has 0 saturated carbocycles. The number of pyridine rings is 1. The molecule has 4 rings (SSSR count). The molecule has 0 bridgehead atoms. The topological polar surface area (TPSA) is 148 Å². The van der Waals surface area contributed by atoms with Gasteiger partial charge in [0.25, 0.3) is 5.91 Å². The normalized spacial score (nSPS) is 11.6. The van der Waals surface area contributed by atoms with Crippen LogP contribution in [0.25, 0.3) is 5.65 Å². The van der Waals surface area contributed by atoms with Gasteiger partial charge in [0.1, 0.15) is 5.82 Å². The Morgan fingerprint density at radius 1 is 1.06 bits per heavy atom. The van der Waals surface area contributed by atoms with Gasteiger partial charge < -0.3 is 16.4 Å². The molecule has 11 nitrogen and oxygen atoms in total. The molecule has 0 radical (unpaired) electrons. The van der Waals surface area contributed by atoms with Crippen LogP contribution in [0.15, 0.2) is 66.0 Å². The Hall–Kier alpha value is -4.03. The highest BCUT2D eigenvalue weighted by molar-refractivity contribution is 7.89. The minimum absolute atomic E-state index is 0.169. The van der Waals surface area contributed by atoms with Crippen molar-refractivity contribution in [3.63, 3.8) is 0 Å². The molecule has 0 atom stereocenters. The van der Waals surface area contributed by atoms with Crippen molar-refractivity contribution in [2.75, 3.05) is 30.5 Å². The van der Waals surface area contributed by atoms with Crippen LogP contribution in [0.3, 0.4) is 0 Å². The molecule has 0 fully saturated rings. The van der Waals surface area contributed by atoms with Crippen LogP contribution in [0.4, 0.5) is 22.9 Å². The summed E-state index contributed by atoms with van der Waals surface area (Å²) in [6.07, 6.45) is 4.53. The van der Waals surface area contributed by atoms with Gasteiger partial charge in [-0.3, -0.25) is 9.78 Å². The summed E-state index contributed by atoms with van der Waals surface area (Å²) in [6.45, 7) is 0. The lowest BCUT2D eigenvalue weighted by atomic mass is 10.3. The van der Waals surface area contributed by atoms with E-state index in [9.17, 15) is 13.2 Å². The number of aromatic nitrogens is 4. The lowest BCUT2D eigenvalue weighted by Gasteiger charge is -2.13. The third kappa shape index (κ3) is 4.08. The number of anilines is 4. The predicted octanol–water partition coefficient (Wildman–Crippen LogP) is 1.95. The number of carbonyl (C=O) groups is 1. The van der Waals surface area contributed by atoms with Crippen LogP contribution in [-0.4, -0.2) is 52.3 Å². The lowest BCUT2D eigenvalue weighted by Crippen LogP contribution is -2.22. The van der Waals surface area contributed by atoms with E-state index in [1.165, 1.54) is 36.9 Å². The summed E-state index contributed by atoms with van der Waals surface area (Å²) in [5.74, 6) is -0.242. The molecule has 4 N–H and O–H groups in total. The van der Waals surface area contributed by atoms with Gasteiger partial charge in [-0.1, -0.05) is 0 Å². The third-order valence-electron chi connectivity index (χ3n) is 4.57. The third-order valence-corrected chi connectivity index (χ3v) is 6.40. The van der Waals surface area contributed by atoms with Crippen LogP contribution in [0.5, 0.6) is 0 Å². The second kappa shape index (κ2) is 8.24. The van der Waals surface area contributed by atoms with Gasteiger partial charge in [0.15, 0.2) is 11.3 Å². The first-order chi connectivity index (χ1) is 15.3. The highest BCUT2D eigenvalue weighted by Gasteiger charge is 2.18. The summed E-state index contributed by atoms with van der Waals surface area (Å²) in [5.41, 5.74) is 8.22. The van der Waals surface area contributed by atoms with Crippen molar-refractivity contribution in [1.82, 2.24) is 23.9 Å². The number of nitrogens with two attached hydrogens (primary N) is 1. The van der Waals surface area contributed by atoms with E-state index in [0.717, 1.165) is 4.31 Å². The van der Waals surface area contributed by atoms with Gasteiger partial charge in [0, 0.05) is 43.9 Å². The second-order valence-corrected chi connectivity index (χ2v) is 9.14. The number of sulfonamides is 1. The van der Waals surface area contributed by atoms with Crippen molar-refractivity contribution in [3.05, 3.63) is 66.7 Å². The number of hydrogen-bond acceptors (Lipinski definition) is 8. The molecule has 4 aromatic rings. The molecule has 0 saturated heterocycles. The number of hydrogen-bond donors (Lipinski definition) is 3. The van der Waals surface area contributed by atoms with Gasteiger partial charge in [0.05, 0.1) is 16.8 Å². The zero-order valence-corrected chi connectivity index (χ0v) is 18.0. The summed E-state index contributed by atoms with van der Waals surface area (Å²) in [7, 11) is -0.587. The van der Waals surface area contributed by atoms with Crippen LogP contribution in [0.1, 0.15) is 10.5 Å². The average molecular weight is 453 g/mol. The summed E-state index contributed by atoms with van der Waals surface area (Å²) < 4.78 is 27.0. The molecule has 0 aliphatic carbocycles. The number of nitrogen functional groups attached to an aromatic ring is 1. The SMILES string of the molecule is CN(C)S(=O)(=O)c1ccc(Nc2cc(N)nn3c(C(=O)Nc4ccncc4)cnc23)cc1. The molecular weight excluding hydrogens is 432 g/mol. The highest BCUT2D eigenvalue weighted by atomic mass is 32.2. The van der Waals surface area contributed by atoms with Crippen LogP contribution in [0, 0.1) is 0 Å². The first-order valence-electron chi connectivity index (χ1n) is 9.41.